The molecule has 0 heterocycles. The molecule has 3 rings (SSSR count). The third-order valence-corrected chi connectivity index (χ3v) is 5.32. The molecule has 0 amide bonds. The van der Waals surface area contributed by atoms with E-state index in [2.05, 4.69) is 29.1 Å². The first-order chi connectivity index (χ1) is 17.8. The van der Waals surface area contributed by atoms with Gasteiger partial charge in [0.05, 0.1) is 12.2 Å². The van der Waals surface area contributed by atoms with Crippen molar-refractivity contribution in [2.24, 2.45) is 0 Å². The molecule has 0 aliphatic carbocycles. The number of rotatable bonds is 9. The molecule has 0 aliphatic heterocycles. The standard InChI is InChI=1S/C27H25BrFNO3.2C2H6/c1-5-32-27(31)21-7-6-8-24(15-21)30(18(2)3)19(4)25-16-22(28)11-14-26(25)33-17-20-9-12-23(29)13-10-20;2*1-2/h6-16H,2,4-5,17H2,1,3H3;2*1-2H3. The van der Waals surface area contributed by atoms with Crippen molar-refractivity contribution in [1.82, 2.24) is 0 Å². The Kier molecular flexibility index (Phi) is 14.0. The smallest absolute Gasteiger partial charge is 0.338 e. The van der Waals surface area contributed by atoms with Gasteiger partial charge in [-0.3, -0.25) is 0 Å². The predicted octanol–water partition coefficient (Wildman–Crippen LogP) is 9.41. The first-order valence-corrected chi connectivity index (χ1v) is 13.2. The van der Waals surface area contributed by atoms with Gasteiger partial charge in [0, 0.05) is 27.1 Å². The zero-order valence-electron chi connectivity index (χ0n) is 22.6. The SMILES string of the molecule is C=C(C)N(C(=C)c1cc(Br)ccc1OCc1ccc(F)cc1)c1cccc(C(=O)OCC)c1.CC.CC. The average molecular weight is 571 g/mol. The van der Waals surface area contributed by atoms with Crippen molar-refractivity contribution in [1.29, 1.82) is 0 Å². The molecule has 0 fully saturated rings. The highest BCUT2D eigenvalue weighted by molar-refractivity contribution is 9.10. The maximum absolute atomic E-state index is 13.2. The van der Waals surface area contributed by atoms with Gasteiger partial charge in [0.15, 0.2) is 0 Å². The molecule has 6 heteroatoms. The number of esters is 1. The van der Waals surface area contributed by atoms with E-state index in [9.17, 15) is 9.18 Å². The quantitative estimate of drug-likeness (QED) is 0.240. The van der Waals surface area contributed by atoms with E-state index < -0.39 is 5.97 Å². The van der Waals surface area contributed by atoms with Gasteiger partial charge in [0.1, 0.15) is 18.2 Å². The lowest BCUT2D eigenvalue weighted by atomic mass is 10.1. The summed E-state index contributed by atoms with van der Waals surface area (Å²) in [5.74, 6) is -0.0728. The number of hydrogen-bond donors (Lipinski definition) is 0. The van der Waals surface area contributed by atoms with E-state index in [1.165, 1.54) is 12.1 Å². The summed E-state index contributed by atoms with van der Waals surface area (Å²) < 4.78 is 25.3. The second-order valence-electron chi connectivity index (χ2n) is 7.34. The minimum absolute atomic E-state index is 0.271. The van der Waals surface area contributed by atoms with E-state index in [-0.39, 0.29) is 12.4 Å². The Hall–Kier alpha value is -3.38. The van der Waals surface area contributed by atoms with Crippen LogP contribution in [0.15, 0.2) is 90.1 Å². The minimum Gasteiger partial charge on any atom is -0.488 e. The van der Waals surface area contributed by atoms with Gasteiger partial charge < -0.3 is 14.4 Å². The Bertz CT molecular complexity index is 1180. The first kappa shape index (κ1) is 31.6. The molecule has 0 saturated carbocycles. The first-order valence-electron chi connectivity index (χ1n) is 12.4. The Balaban J connectivity index is 0.00000163. The van der Waals surface area contributed by atoms with Gasteiger partial charge in [0.2, 0.25) is 0 Å². The summed E-state index contributed by atoms with van der Waals surface area (Å²) >= 11 is 3.52. The molecule has 198 valence electrons. The summed E-state index contributed by atoms with van der Waals surface area (Å²) in [5.41, 5.74) is 4.09. The third-order valence-electron chi connectivity index (χ3n) is 4.83. The fourth-order valence-corrected chi connectivity index (χ4v) is 3.67. The minimum atomic E-state index is -0.391. The van der Waals surface area contributed by atoms with Crippen LogP contribution in [-0.2, 0) is 11.3 Å². The molecule has 0 aromatic heterocycles. The van der Waals surface area contributed by atoms with Gasteiger partial charge in [-0.15, -0.1) is 0 Å². The molecule has 0 saturated heterocycles. The van der Waals surface area contributed by atoms with E-state index in [0.29, 0.717) is 29.3 Å². The lowest BCUT2D eigenvalue weighted by molar-refractivity contribution is 0.0526. The van der Waals surface area contributed by atoms with Crippen LogP contribution in [0.5, 0.6) is 5.75 Å². The van der Waals surface area contributed by atoms with Gasteiger partial charge in [-0.25, -0.2) is 9.18 Å². The van der Waals surface area contributed by atoms with Crippen LogP contribution in [0.2, 0.25) is 0 Å². The van der Waals surface area contributed by atoms with Crippen molar-refractivity contribution in [3.05, 3.63) is 113 Å². The van der Waals surface area contributed by atoms with Crippen LogP contribution < -0.4 is 9.64 Å². The highest BCUT2D eigenvalue weighted by Gasteiger charge is 2.19. The van der Waals surface area contributed by atoms with Gasteiger partial charge in [-0.2, -0.15) is 0 Å². The summed E-state index contributed by atoms with van der Waals surface area (Å²) in [6, 6.07) is 18.9. The van der Waals surface area contributed by atoms with E-state index in [4.69, 9.17) is 9.47 Å². The summed E-state index contributed by atoms with van der Waals surface area (Å²) in [7, 11) is 0. The number of halogens is 2. The van der Waals surface area contributed by atoms with Crippen LogP contribution in [-0.4, -0.2) is 12.6 Å². The highest BCUT2D eigenvalue weighted by atomic mass is 79.9. The zero-order chi connectivity index (χ0) is 28.0. The average Bonchev–Trinajstić information content (AvgIpc) is 2.91. The molecule has 0 unspecified atom stereocenters. The van der Waals surface area contributed by atoms with E-state index in [0.717, 1.165) is 21.3 Å². The molecular weight excluding hydrogens is 533 g/mol. The van der Waals surface area contributed by atoms with Crippen molar-refractivity contribution in [2.75, 3.05) is 11.5 Å². The normalized spacial score (nSPS) is 9.62. The number of carbonyl (C=O) groups excluding carboxylic acids is 1. The summed E-state index contributed by atoms with van der Waals surface area (Å²) in [5, 5.41) is 0. The van der Waals surface area contributed by atoms with E-state index >= 15 is 0 Å². The second-order valence-corrected chi connectivity index (χ2v) is 8.26. The Morgan fingerprint density at radius 1 is 0.973 bits per heavy atom. The van der Waals surface area contributed by atoms with Crippen LogP contribution in [0.1, 0.15) is 63.0 Å². The molecule has 37 heavy (non-hydrogen) atoms. The monoisotopic (exact) mass is 569 g/mol. The number of nitrogens with zero attached hydrogens (tertiary/aromatic N) is 1. The van der Waals surface area contributed by atoms with Gasteiger partial charge in [-0.1, -0.05) is 75.0 Å². The lowest BCUT2D eigenvalue weighted by Gasteiger charge is -2.28. The maximum atomic E-state index is 13.2. The number of carbonyl (C=O) groups is 1. The van der Waals surface area contributed by atoms with Crippen LogP contribution >= 0.6 is 15.9 Å². The van der Waals surface area contributed by atoms with Crippen molar-refractivity contribution >= 4 is 33.3 Å². The Labute approximate surface area is 229 Å². The van der Waals surface area contributed by atoms with Gasteiger partial charge in [-0.05, 0) is 67.9 Å². The van der Waals surface area contributed by atoms with Crippen molar-refractivity contribution < 1.29 is 18.7 Å². The molecule has 0 atom stereocenters. The van der Waals surface area contributed by atoms with E-state index in [1.54, 1.807) is 37.3 Å². The summed E-state index contributed by atoms with van der Waals surface area (Å²) in [6.45, 7) is 20.6. The molecule has 0 bridgehead atoms. The fraction of sp³-hybridized carbons (Fsp3) is 0.258. The molecule has 4 nitrogen and oxygen atoms in total. The molecule has 0 aliphatic rings. The van der Waals surface area contributed by atoms with Crippen LogP contribution in [0, 0.1) is 5.82 Å². The van der Waals surface area contributed by atoms with Crippen LogP contribution in [0.4, 0.5) is 10.1 Å². The lowest BCUT2D eigenvalue weighted by Crippen LogP contribution is -2.19. The van der Waals surface area contributed by atoms with Crippen molar-refractivity contribution in [3.63, 3.8) is 0 Å². The van der Waals surface area contributed by atoms with Crippen LogP contribution in [0.3, 0.4) is 0 Å². The van der Waals surface area contributed by atoms with Crippen molar-refractivity contribution in [2.45, 2.75) is 48.1 Å². The second kappa shape index (κ2) is 16.4. The number of allylic oxidation sites excluding steroid dienone is 1. The van der Waals surface area contributed by atoms with Gasteiger partial charge in [0.25, 0.3) is 0 Å². The zero-order valence-corrected chi connectivity index (χ0v) is 24.2. The maximum Gasteiger partial charge on any atom is 0.338 e. The Morgan fingerprint density at radius 2 is 1.62 bits per heavy atom. The number of anilines is 1. The largest absolute Gasteiger partial charge is 0.488 e. The topological polar surface area (TPSA) is 38.8 Å². The van der Waals surface area contributed by atoms with Crippen LogP contribution in [0.25, 0.3) is 5.70 Å². The molecular formula is C31H37BrFNO3. The van der Waals surface area contributed by atoms with Crippen molar-refractivity contribution in [3.8, 4) is 5.75 Å². The van der Waals surface area contributed by atoms with E-state index in [1.807, 2.05) is 63.8 Å². The van der Waals surface area contributed by atoms with Gasteiger partial charge >= 0.3 is 5.97 Å². The number of hydrogen-bond acceptors (Lipinski definition) is 4. The number of ether oxygens (including phenoxy) is 2. The highest BCUT2D eigenvalue weighted by Crippen LogP contribution is 2.36. The molecule has 0 radical (unpaired) electrons. The molecule has 0 N–H and O–H groups in total. The fourth-order valence-electron chi connectivity index (χ4n) is 3.31. The third kappa shape index (κ3) is 9.21. The Morgan fingerprint density at radius 3 is 2.22 bits per heavy atom. The predicted molar refractivity (Wildman–Crippen MR) is 156 cm³/mol. The summed E-state index contributed by atoms with van der Waals surface area (Å²) in [4.78, 5) is 14.1. The molecule has 0 spiro atoms. The molecule has 3 aromatic rings. The molecule has 3 aromatic carbocycles. The summed E-state index contributed by atoms with van der Waals surface area (Å²) in [6.07, 6.45) is 0. The number of benzene rings is 3.